The highest BCUT2D eigenvalue weighted by atomic mass is 16.2. The number of rotatable bonds is 2. The topological polar surface area (TPSA) is 41.1 Å². The first-order valence-electron chi connectivity index (χ1n) is 3.99. The van der Waals surface area contributed by atoms with Crippen LogP contribution in [0.15, 0.2) is 12.3 Å². The Morgan fingerprint density at radius 3 is 3.18 bits per heavy atom. The van der Waals surface area contributed by atoms with Crippen molar-refractivity contribution in [2.45, 2.75) is 25.8 Å². The minimum absolute atomic E-state index is 0. The number of carbonyl (C=O) groups is 1. The zero-order chi connectivity index (χ0) is 8.10. The molecule has 1 amide bonds. The Morgan fingerprint density at radius 2 is 2.64 bits per heavy atom. The van der Waals surface area contributed by atoms with Crippen LogP contribution in [-0.4, -0.2) is 18.5 Å². The maximum Gasteiger partial charge on any atom is 0.241 e. The van der Waals surface area contributed by atoms with Crippen molar-refractivity contribution in [1.29, 1.82) is 0 Å². The summed E-state index contributed by atoms with van der Waals surface area (Å²) >= 11 is 0. The van der Waals surface area contributed by atoms with Crippen LogP contribution in [0, 0.1) is 0 Å². The maximum atomic E-state index is 11.2. The summed E-state index contributed by atoms with van der Waals surface area (Å²) in [4.78, 5) is 11.2. The number of amides is 1. The van der Waals surface area contributed by atoms with Crippen LogP contribution in [0.4, 0.5) is 0 Å². The van der Waals surface area contributed by atoms with E-state index in [9.17, 15) is 4.79 Å². The fourth-order valence-corrected chi connectivity index (χ4v) is 1.17. The Kier molecular flexibility index (Phi) is 3.11. The number of hydrogen-bond donors (Lipinski definition) is 2. The van der Waals surface area contributed by atoms with Crippen molar-refractivity contribution in [1.82, 2.24) is 10.6 Å². The maximum absolute atomic E-state index is 11.2. The predicted octanol–water partition coefficient (Wildman–Crippen LogP) is 0.880. The van der Waals surface area contributed by atoms with Crippen LogP contribution in [0.1, 0.15) is 22.6 Å². The molecule has 2 N–H and O–H groups in total. The summed E-state index contributed by atoms with van der Waals surface area (Å²) in [6.45, 7) is 2.84. The van der Waals surface area contributed by atoms with E-state index in [0.29, 0.717) is 0 Å². The Bertz CT molecular complexity index is 168. The van der Waals surface area contributed by atoms with E-state index in [1.807, 2.05) is 13.0 Å². The lowest BCUT2D eigenvalue weighted by molar-refractivity contribution is -0.121. The van der Waals surface area contributed by atoms with Crippen molar-refractivity contribution >= 4 is 5.91 Å². The fraction of sp³-hybridized carbons (Fsp3) is 0.625. The normalized spacial score (nSPS) is 24.3. The minimum Gasteiger partial charge on any atom is -0.332 e. The molecule has 0 spiro atoms. The van der Waals surface area contributed by atoms with E-state index in [2.05, 4.69) is 10.6 Å². The molecule has 0 radical (unpaired) electrons. The second-order valence-corrected chi connectivity index (χ2v) is 2.66. The van der Waals surface area contributed by atoms with Gasteiger partial charge in [0, 0.05) is 2.85 Å². The molecule has 0 aromatic heterocycles. The summed E-state index contributed by atoms with van der Waals surface area (Å²) in [5, 5.41) is 5.81. The van der Waals surface area contributed by atoms with Gasteiger partial charge in [0.2, 0.25) is 5.91 Å². The lowest BCUT2D eigenvalue weighted by atomic mass is 10.2. The molecular weight excluding hydrogens is 140 g/mol. The Hall–Kier alpha value is -0.830. The highest BCUT2D eigenvalue weighted by molar-refractivity contribution is 5.82. The molecule has 66 valence electrons. The monoisotopic (exact) mass is 158 g/mol. The third kappa shape index (κ3) is 2.35. The molecule has 1 rings (SSSR count). The molecular formula is C8H18N2O. The van der Waals surface area contributed by atoms with Gasteiger partial charge >= 0.3 is 0 Å². The van der Waals surface area contributed by atoms with Gasteiger partial charge in [0.1, 0.15) is 0 Å². The molecule has 1 atom stereocenters. The quantitative estimate of drug-likeness (QED) is 0.626. The zero-order valence-corrected chi connectivity index (χ0v) is 6.76. The van der Waals surface area contributed by atoms with Crippen LogP contribution < -0.4 is 10.6 Å². The number of allylic oxidation sites excluding steroid dienone is 1. The van der Waals surface area contributed by atoms with E-state index in [1.54, 1.807) is 6.20 Å². The summed E-state index contributed by atoms with van der Waals surface area (Å²) in [7, 11) is 0. The highest BCUT2D eigenvalue weighted by Gasteiger charge is 2.20. The summed E-state index contributed by atoms with van der Waals surface area (Å²) in [6.07, 6.45) is 5.55. The van der Waals surface area contributed by atoms with Crippen LogP contribution in [-0.2, 0) is 4.79 Å². The molecule has 3 nitrogen and oxygen atoms in total. The first-order valence-corrected chi connectivity index (χ1v) is 3.99. The molecule has 1 saturated heterocycles. The molecule has 1 aliphatic heterocycles. The molecule has 1 unspecified atom stereocenters. The standard InChI is InChI=1S/C8H14N2O.2H2/c1-2-5-10-8(11)7-4-3-6-9-7;;/h2,5,7,9H,3-4,6H2,1H3,(H,10,11);2*1H/b5-2+;;. The lowest BCUT2D eigenvalue weighted by Crippen LogP contribution is -2.37. The first-order chi connectivity index (χ1) is 5.34. The van der Waals surface area contributed by atoms with E-state index in [1.165, 1.54) is 0 Å². The Labute approximate surface area is 69.8 Å². The Morgan fingerprint density at radius 1 is 1.82 bits per heavy atom. The van der Waals surface area contributed by atoms with Crippen molar-refractivity contribution in [2.24, 2.45) is 0 Å². The van der Waals surface area contributed by atoms with Crippen LogP contribution in [0.25, 0.3) is 0 Å². The molecule has 1 heterocycles. The minimum atomic E-state index is 0. The zero-order valence-electron chi connectivity index (χ0n) is 6.76. The average molecular weight is 158 g/mol. The molecule has 0 aromatic rings. The number of carbonyl (C=O) groups excluding carboxylic acids is 1. The summed E-state index contributed by atoms with van der Waals surface area (Å²) in [5.41, 5.74) is 0. The van der Waals surface area contributed by atoms with Crippen molar-refractivity contribution < 1.29 is 7.65 Å². The summed E-state index contributed by atoms with van der Waals surface area (Å²) < 4.78 is 0. The van der Waals surface area contributed by atoms with Crippen molar-refractivity contribution in [2.75, 3.05) is 6.54 Å². The van der Waals surface area contributed by atoms with E-state index in [-0.39, 0.29) is 14.8 Å². The van der Waals surface area contributed by atoms with Crippen molar-refractivity contribution in [3.05, 3.63) is 12.3 Å². The van der Waals surface area contributed by atoms with E-state index >= 15 is 0 Å². The van der Waals surface area contributed by atoms with Gasteiger partial charge in [0.25, 0.3) is 0 Å². The summed E-state index contributed by atoms with van der Waals surface area (Å²) in [5.74, 6) is 0.0839. The third-order valence-electron chi connectivity index (χ3n) is 1.77. The predicted molar refractivity (Wildman–Crippen MR) is 48.2 cm³/mol. The molecule has 11 heavy (non-hydrogen) atoms. The molecule has 0 bridgehead atoms. The second-order valence-electron chi connectivity index (χ2n) is 2.66. The van der Waals surface area contributed by atoms with Crippen LogP contribution in [0.2, 0.25) is 0 Å². The Balaban J connectivity index is 0. The van der Waals surface area contributed by atoms with Gasteiger partial charge in [-0.1, -0.05) is 6.08 Å². The van der Waals surface area contributed by atoms with E-state index < -0.39 is 0 Å². The summed E-state index contributed by atoms with van der Waals surface area (Å²) in [6, 6.07) is 0.0335. The van der Waals surface area contributed by atoms with Crippen LogP contribution in [0.5, 0.6) is 0 Å². The second kappa shape index (κ2) is 4.13. The van der Waals surface area contributed by atoms with E-state index in [4.69, 9.17) is 0 Å². The first kappa shape index (κ1) is 8.27. The molecule has 0 aliphatic carbocycles. The van der Waals surface area contributed by atoms with Crippen molar-refractivity contribution in [3.63, 3.8) is 0 Å². The van der Waals surface area contributed by atoms with Gasteiger partial charge in [-0.05, 0) is 32.5 Å². The van der Waals surface area contributed by atoms with Gasteiger partial charge in [-0.25, -0.2) is 0 Å². The average Bonchev–Trinajstić information content (AvgIpc) is 2.52. The largest absolute Gasteiger partial charge is 0.332 e. The molecule has 0 saturated carbocycles. The van der Waals surface area contributed by atoms with Gasteiger partial charge in [0.05, 0.1) is 6.04 Å². The van der Waals surface area contributed by atoms with Gasteiger partial charge in [-0.3, -0.25) is 4.79 Å². The lowest BCUT2D eigenvalue weighted by Gasteiger charge is -2.06. The number of nitrogens with one attached hydrogen (secondary N) is 2. The molecule has 1 aliphatic rings. The van der Waals surface area contributed by atoms with Crippen molar-refractivity contribution in [3.8, 4) is 0 Å². The van der Waals surface area contributed by atoms with Gasteiger partial charge < -0.3 is 10.6 Å². The smallest absolute Gasteiger partial charge is 0.241 e. The van der Waals surface area contributed by atoms with Crippen LogP contribution in [0.3, 0.4) is 0 Å². The SMILES string of the molecule is C/C=C/NC(=O)C1CCCN1.[HH].[HH]. The van der Waals surface area contributed by atoms with Crippen LogP contribution >= 0.6 is 0 Å². The van der Waals surface area contributed by atoms with Gasteiger partial charge in [-0.15, -0.1) is 0 Å². The third-order valence-corrected chi connectivity index (χ3v) is 1.77. The molecule has 1 fully saturated rings. The van der Waals surface area contributed by atoms with Gasteiger partial charge in [-0.2, -0.15) is 0 Å². The highest BCUT2D eigenvalue weighted by Crippen LogP contribution is 2.03. The number of hydrogen-bond acceptors (Lipinski definition) is 2. The van der Waals surface area contributed by atoms with E-state index in [0.717, 1.165) is 19.4 Å². The van der Waals surface area contributed by atoms with Gasteiger partial charge in [0.15, 0.2) is 0 Å². The molecule has 3 heteroatoms. The molecule has 0 aromatic carbocycles. The fourth-order valence-electron chi connectivity index (χ4n) is 1.17.